The minimum Gasteiger partial charge on any atom is -0.384 e. The first-order chi connectivity index (χ1) is 11.6. The van der Waals surface area contributed by atoms with E-state index in [-0.39, 0.29) is 0 Å². The molecule has 0 unspecified atom stereocenters. The Kier molecular flexibility index (Phi) is 7.12. The van der Waals surface area contributed by atoms with Gasteiger partial charge < -0.3 is 9.64 Å². The van der Waals surface area contributed by atoms with Gasteiger partial charge >= 0.3 is 10.4 Å². The maximum Gasteiger partial charge on any atom is 0.394 e. The fourth-order valence-corrected chi connectivity index (χ4v) is 4.43. The monoisotopic (exact) mass is 411 g/mol. The molecule has 25 heavy (non-hydrogen) atoms. The van der Waals surface area contributed by atoms with Crippen LogP contribution < -0.4 is 0 Å². The van der Waals surface area contributed by atoms with Crippen molar-refractivity contribution in [2.45, 2.75) is 37.3 Å². The van der Waals surface area contributed by atoms with E-state index in [1.165, 1.54) is 24.8 Å². The van der Waals surface area contributed by atoms with Gasteiger partial charge in [0.15, 0.2) is 0 Å². The number of hydrogen-bond donors (Lipinski definition) is 2. The van der Waals surface area contributed by atoms with Crippen LogP contribution in [0.25, 0.3) is 0 Å². The molecule has 3 rings (SSSR count). The molecule has 142 valence electrons. The van der Waals surface area contributed by atoms with Gasteiger partial charge in [0.05, 0.1) is 16.7 Å². The summed E-state index contributed by atoms with van der Waals surface area (Å²) in [7, 11) is -0.608. The van der Waals surface area contributed by atoms with E-state index in [9.17, 15) is 0 Å². The number of hydrogen-bond acceptors (Lipinski definition) is 4. The molecule has 6 nitrogen and oxygen atoms in total. The molecule has 2 N–H and O–H groups in total. The zero-order valence-corrected chi connectivity index (χ0v) is 16.4. The largest absolute Gasteiger partial charge is 0.394 e. The van der Waals surface area contributed by atoms with Crippen LogP contribution in [0.5, 0.6) is 0 Å². The van der Waals surface area contributed by atoms with Gasteiger partial charge in [0.2, 0.25) is 0 Å². The van der Waals surface area contributed by atoms with Crippen LogP contribution in [0.1, 0.15) is 30.7 Å². The van der Waals surface area contributed by atoms with E-state index in [4.69, 9.17) is 45.5 Å². The molecular weight excluding hydrogens is 389 g/mol. The van der Waals surface area contributed by atoms with Crippen LogP contribution in [0.2, 0.25) is 10.0 Å². The topological polar surface area (TPSA) is 87.1 Å². The summed E-state index contributed by atoms with van der Waals surface area (Å²) in [5.74, 6) is 1.07. The standard InChI is InChI=1S/C16H21Cl2NO.H2O4S/c1-19-11-4-6-16(19)13(9-20-2)12(8-11)10-3-5-14(17)15(18)7-10;1-5(2,3)4/h3,5,7,11-13,16H,4,6,8-9H2,1-2H3;(H2,1,2,3,4)/t11-,12+,13+,16+;/m0./s1. The zero-order chi connectivity index (χ0) is 18.8. The Hall–Kier alpha value is -0.410. The van der Waals surface area contributed by atoms with E-state index >= 15 is 0 Å². The van der Waals surface area contributed by atoms with Crippen molar-refractivity contribution in [3.8, 4) is 0 Å². The summed E-state index contributed by atoms with van der Waals surface area (Å²) in [5, 5.41) is 1.29. The van der Waals surface area contributed by atoms with Crippen molar-refractivity contribution in [1.29, 1.82) is 0 Å². The van der Waals surface area contributed by atoms with E-state index < -0.39 is 10.4 Å². The predicted octanol–water partition coefficient (Wildman–Crippen LogP) is 3.55. The lowest BCUT2D eigenvalue weighted by Crippen LogP contribution is -2.47. The first-order valence-corrected chi connectivity index (χ1v) is 10.1. The van der Waals surface area contributed by atoms with Crippen molar-refractivity contribution in [1.82, 2.24) is 4.90 Å². The van der Waals surface area contributed by atoms with Crippen molar-refractivity contribution in [2.75, 3.05) is 20.8 Å². The lowest BCUT2D eigenvalue weighted by molar-refractivity contribution is 0.0405. The summed E-state index contributed by atoms with van der Waals surface area (Å²) < 4.78 is 37.1. The number of ether oxygens (including phenoxy) is 1. The van der Waals surface area contributed by atoms with Crippen LogP contribution in [0, 0.1) is 5.92 Å². The quantitative estimate of drug-likeness (QED) is 0.739. The van der Waals surface area contributed by atoms with Crippen molar-refractivity contribution in [3.05, 3.63) is 33.8 Å². The average Bonchev–Trinajstić information content (AvgIpc) is 2.74. The third kappa shape index (κ3) is 5.53. The number of halogens is 2. The highest BCUT2D eigenvalue weighted by Gasteiger charge is 2.45. The first kappa shape index (κ1) is 20.9. The molecule has 2 bridgehead atoms. The van der Waals surface area contributed by atoms with Gasteiger partial charge in [-0.05, 0) is 49.9 Å². The lowest BCUT2D eigenvalue weighted by atomic mass is 9.76. The Morgan fingerprint density at radius 1 is 1.24 bits per heavy atom. The van der Waals surface area contributed by atoms with E-state index in [1.54, 1.807) is 7.11 Å². The number of fused-ring (bicyclic) bond motifs is 2. The molecule has 0 aromatic heterocycles. The summed E-state index contributed by atoms with van der Waals surface area (Å²) >= 11 is 12.2. The molecule has 2 aliphatic rings. The first-order valence-electron chi connectivity index (χ1n) is 7.97. The van der Waals surface area contributed by atoms with Crippen molar-refractivity contribution in [3.63, 3.8) is 0 Å². The third-order valence-electron chi connectivity index (χ3n) is 5.16. The molecule has 0 radical (unpaired) electrons. The van der Waals surface area contributed by atoms with Crippen LogP contribution in [-0.4, -0.2) is 55.3 Å². The van der Waals surface area contributed by atoms with Gasteiger partial charge in [0.1, 0.15) is 0 Å². The van der Waals surface area contributed by atoms with Crippen LogP contribution in [0.3, 0.4) is 0 Å². The molecule has 4 atom stereocenters. The Labute approximate surface area is 158 Å². The molecule has 9 heteroatoms. The van der Waals surface area contributed by atoms with E-state index in [2.05, 4.69) is 18.0 Å². The zero-order valence-electron chi connectivity index (χ0n) is 14.1. The van der Waals surface area contributed by atoms with E-state index in [0.29, 0.717) is 34.0 Å². The second-order valence-electron chi connectivity index (χ2n) is 6.55. The summed E-state index contributed by atoms with van der Waals surface area (Å²) in [6, 6.07) is 7.43. The highest BCUT2D eigenvalue weighted by molar-refractivity contribution is 7.79. The molecule has 0 saturated carbocycles. The van der Waals surface area contributed by atoms with Gasteiger partial charge in [-0.3, -0.25) is 9.11 Å². The highest BCUT2D eigenvalue weighted by Crippen LogP contribution is 2.46. The third-order valence-corrected chi connectivity index (χ3v) is 5.90. The van der Waals surface area contributed by atoms with E-state index in [0.717, 1.165) is 6.61 Å². The molecule has 0 spiro atoms. The average molecular weight is 412 g/mol. The number of nitrogens with zero attached hydrogens (tertiary/aromatic N) is 1. The van der Waals surface area contributed by atoms with Gasteiger partial charge in [0.25, 0.3) is 0 Å². The summed E-state index contributed by atoms with van der Waals surface area (Å²) in [5.41, 5.74) is 1.31. The Morgan fingerprint density at radius 2 is 1.88 bits per heavy atom. The SMILES string of the molecule is COC[C@@H]1[C@@H](c2ccc(Cl)c(Cl)c2)C[C@@H]2CC[C@H]1N2C.O=S(=O)(O)O. The van der Waals surface area contributed by atoms with E-state index in [1.807, 2.05) is 12.1 Å². The van der Waals surface area contributed by atoms with Crippen LogP contribution in [0.4, 0.5) is 0 Å². The fraction of sp³-hybridized carbons (Fsp3) is 0.625. The van der Waals surface area contributed by atoms with Crippen LogP contribution in [-0.2, 0) is 15.1 Å². The van der Waals surface area contributed by atoms with Gasteiger partial charge in [-0.25, -0.2) is 0 Å². The molecule has 2 heterocycles. The maximum absolute atomic E-state index is 8.74. The minimum atomic E-state index is -4.67. The molecule has 0 aliphatic carbocycles. The van der Waals surface area contributed by atoms with Gasteiger partial charge in [0, 0.05) is 25.1 Å². The van der Waals surface area contributed by atoms with Gasteiger partial charge in [-0.15, -0.1) is 0 Å². The van der Waals surface area contributed by atoms with Crippen molar-refractivity contribution in [2.24, 2.45) is 5.92 Å². The molecule has 1 aromatic carbocycles. The predicted molar refractivity (Wildman–Crippen MR) is 97.9 cm³/mol. The second kappa shape index (κ2) is 8.52. The number of benzene rings is 1. The summed E-state index contributed by atoms with van der Waals surface area (Å²) in [6.45, 7) is 0.812. The normalized spacial score (nSPS) is 29.2. The Balaban J connectivity index is 0.000000399. The Bertz CT molecular complexity index is 692. The number of rotatable bonds is 3. The molecule has 2 aliphatic heterocycles. The summed E-state index contributed by atoms with van der Waals surface area (Å²) in [4.78, 5) is 2.55. The van der Waals surface area contributed by atoms with Gasteiger partial charge in [-0.2, -0.15) is 8.42 Å². The van der Waals surface area contributed by atoms with Crippen molar-refractivity contribution >= 4 is 33.6 Å². The van der Waals surface area contributed by atoms with Crippen LogP contribution in [0.15, 0.2) is 18.2 Å². The maximum atomic E-state index is 8.74. The Morgan fingerprint density at radius 3 is 2.44 bits per heavy atom. The molecule has 1 aromatic rings. The fourth-order valence-electron chi connectivity index (χ4n) is 4.12. The lowest BCUT2D eigenvalue weighted by Gasteiger charge is -2.43. The van der Waals surface area contributed by atoms with Crippen LogP contribution >= 0.6 is 23.2 Å². The second-order valence-corrected chi connectivity index (χ2v) is 8.26. The van der Waals surface area contributed by atoms with Crippen molar-refractivity contribution < 1.29 is 22.3 Å². The van der Waals surface area contributed by atoms with Gasteiger partial charge in [-0.1, -0.05) is 29.3 Å². The molecule has 2 saturated heterocycles. The smallest absolute Gasteiger partial charge is 0.384 e. The number of methoxy groups -OCH3 is 1. The molecular formula is C16H23Cl2NO5S. The summed E-state index contributed by atoms with van der Waals surface area (Å²) in [6.07, 6.45) is 3.78. The minimum absolute atomic E-state index is 0.526. The molecule has 2 fully saturated rings. The number of piperidine rings is 1. The highest BCUT2D eigenvalue weighted by atomic mass is 35.5. The molecule has 0 amide bonds.